The number of aromatic nitrogens is 1. The normalized spacial score (nSPS) is 13.8. The van der Waals surface area contributed by atoms with Gasteiger partial charge in [-0.05, 0) is 70.2 Å². The van der Waals surface area contributed by atoms with Crippen molar-refractivity contribution in [2.75, 3.05) is 48.8 Å². The van der Waals surface area contributed by atoms with E-state index in [9.17, 15) is 27.2 Å². The fourth-order valence-corrected chi connectivity index (χ4v) is 5.25. The quantitative estimate of drug-likeness (QED) is 0.205. The number of amides is 2. The number of hydrogen-bond acceptors (Lipinski definition) is 7. The summed E-state index contributed by atoms with van der Waals surface area (Å²) >= 11 is 0. The maximum absolute atomic E-state index is 14.7. The van der Waals surface area contributed by atoms with Gasteiger partial charge >= 0.3 is 12.3 Å². The van der Waals surface area contributed by atoms with E-state index >= 15 is 0 Å². The van der Waals surface area contributed by atoms with Crippen LogP contribution in [0.4, 0.5) is 45.2 Å². The summed E-state index contributed by atoms with van der Waals surface area (Å²) in [6, 6.07) is 14.5. The first kappa shape index (κ1) is 33.3. The number of ether oxygens (including phenoxy) is 2. The highest BCUT2D eigenvalue weighted by Gasteiger charge is 2.40. The van der Waals surface area contributed by atoms with Gasteiger partial charge in [0.05, 0.1) is 29.4 Å². The maximum atomic E-state index is 14.7. The smallest absolute Gasteiger partial charge is 0.417 e. The molecule has 0 radical (unpaired) electrons. The monoisotopic (exact) mass is 653 g/mol. The van der Waals surface area contributed by atoms with Crippen LogP contribution in [0, 0.1) is 12.7 Å². The zero-order valence-corrected chi connectivity index (χ0v) is 26.6. The summed E-state index contributed by atoms with van der Waals surface area (Å²) in [5, 5.41) is 4.85. The third kappa shape index (κ3) is 7.67. The minimum atomic E-state index is -5.04. The Labute approximate surface area is 269 Å². The van der Waals surface area contributed by atoms with Gasteiger partial charge in [0.2, 0.25) is 0 Å². The summed E-state index contributed by atoms with van der Waals surface area (Å²) in [7, 11) is 1.41. The molecule has 1 fully saturated rings. The summed E-state index contributed by atoms with van der Waals surface area (Å²) < 4.78 is 69.5. The van der Waals surface area contributed by atoms with Crippen LogP contribution in [0.25, 0.3) is 10.9 Å². The molecule has 4 aromatic rings. The number of rotatable bonds is 6. The molecule has 13 heteroatoms. The number of nitrogens with zero attached hydrogens (tertiary/aromatic N) is 3. The largest absolute Gasteiger partial charge is 0.494 e. The molecule has 2 heterocycles. The molecule has 0 spiro atoms. The number of anilines is 4. The molecule has 47 heavy (non-hydrogen) atoms. The van der Waals surface area contributed by atoms with Crippen LogP contribution in [0.15, 0.2) is 60.7 Å². The summed E-state index contributed by atoms with van der Waals surface area (Å²) in [6.07, 6.45) is -5.43. The summed E-state index contributed by atoms with van der Waals surface area (Å²) in [5.74, 6) is -2.10. The van der Waals surface area contributed by atoms with E-state index in [0.717, 1.165) is 29.4 Å². The summed E-state index contributed by atoms with van der Waals surface area (Å²) in [6.45, 7) is 9.13. The fourth-order valence-electron chi connectivity index (χ4n) is 5.25. The van der Waals surface area contributed by atoms with Crippen LogP contribution < -0.4 is 20.3 Å². The number of carbonyl (C=O) groups is 2. The van der Waals surface area contributed by atoms with Gasteiger partial charge in [-0.15, -0.1) is 0 Å². The van der Waals surface area contributed by atoms with Crippen molar-refractivity contribution in [1.29, 1.82) is 0 Å². The number of pyridine rings is 1. The minimum Gasteiger partial charge on any atom is -0.494 e. The molecule has 5 rings (SSSR count). The number of nitrogens with one attached hydrogen (secondary N) is 2. The maximum Gasteiger partial charge on any atom is 0.417 e. The van der Waals surface area contributed by atoms with E-state index in [-0.39, 0.29) is 28.7 Å². The molecule has 1 saturated heterocycles. The molecule has 1 aromatic heterocycles. The number of fused-ring (bicyclic) bond motifs is 1. The lowest BCUT2D eigenvalue weighted by atomic mass is 10.0. The first-order valence-electron chi connectivity index (χ1n) is 14.9. The van der Waals surface area contributed by atoms with Crippen LogP contribution in [-0.2, 0) is 10.9 Å². The third-order valence-electron chi connectivity index (χ3n) is 7.50. The van der Waals surface area contributed by atoms with Crippen molar-refractivity contribution in [2.45, 2.75) is 39.5 Å². The van der Waals surface area contributed by atoms with Crippen molar-refractivity contribution < 1.29 is 36.6 Å². The molecular weight excluding hydrogens is 618 g/mol. The second kappa shape index (κ2) is 13.0. The van der Waals surface area contributed by atoms with Gasteiger partial charge in [0, 0.05) is 49.0 Å². The van der Waals surface area contributed by atoms with E-state index < -0.39 is 45.8 Å². The molecule has 0 atom stereocenters. The predicted molar refractivity (Wildman–Crippen MR) is 172 cm³/mol. The Morgan fingerprint density at radius 3 is 2.21 bits per heavy atom. The van der Waals surface area contributed by atoms with Gasteiger partial charge in [0.1, 0.15) is 23.0 Å². The number of carbonyl (C=O) groups excluding carboxylic acids is 2. The van der Waals surface area contributed by atoms with Crippen LogP contribution in [0.5, 0.6) is 5.75 Å². The van der Waals surface area contributed by atoms with Gasteiger partial charge in [0.15, 0.2) is 0 Å². The van der Waals surface area contributed by atoms with Crippen LogP contribution in [0.2, 0.25) is 0 Å². The highest BCUT2D eigenvalue weighted by atomic mass is 19.4. The van der Waals surface area contributed by atoms with Crippen molar-refractivity contribution in [1.82, 2.24) is 9.88 Å². The van der Waals surface area contributed by atoms with Gasteiger partial charge in [-0.3, -0.25) is 4.79 Å². The molecule has 0 saturated carbocycles. The Bertz CT molecular complexity index is 1800. The van der Waals surface area contributed by atoms with Crippen molar-refractivity contribution in [3.05, 3.63) is 83.2 Å². The topological polar surface area (TPSA) is 96.0 Å². The molecule has 2 N–H and O–H groups in total. The second-order valence-corrected chi connectivity index (χ2v) is 12.2. The molecule has 1 aliphatic rings. The predicted octanol–water partition coefficient (Wildman–Crippen LogP) is 7.76. The van der Waals surface area contributed by atoms with Crippen molar-refractivity contribution >= 4 is 45.8 Å². The Kier molecular flexibility index (Phi) is 9.19. The Hall–Kier alpha value is -5.07. The van der Waals surface area contributed by atoms with Crippen molar-refractivity contribution in [3.63, 3.8) is 0 Å². The van der Waals surface area contributed by atoms with Gasteiger partial charge < -0.3 is 29.9 Å². The minimum absolute atomic E-state index is 0.161. The molecule has 0 aliphatic carbocycles. The lowest BCUT2D eigenvalue weighted by Gasteiger charge is -2.37. The second-order valence-electron chi connectivity index (χ2n) is 12.2. The van der Waals surface area contributed by atoms with Crippen LogP contribution in [0.3, 0.4) is 0 Å². The van der Waals surface area contributed by atoms with Crippen LogP contribution in [-0.4, -0.2) is 60.8 Å². The molecule has 0 unspecified atom stereocenters. The summed E-state index contributed by atoms with van der Waals surface area (Å²) in [5.41, 5.74) is -0.735. The fraction of sp³-hybridized carbons (Fsp3) is 0.324. The Morgan fingerprint density at radius 2 is 1.60 bits per heavy atom. The standard InChI is InChI=1S/C34H35F4N5O4/c1-20-6-9-22(10-7-20)39-31(44)28-29(34(36,37)38)24-18-21(35)8-12-25(24)40-30(28)41-26-13-11-23(19-27(26)46-5)42-14-16-43(17-15-42)32(45)47-33(2,3)4/h6-13,18-19H,14-17H2,1-5H3,(H,39,44)(H,40,41). The van der Waals surface area contributed by atoms with E-state index in [1.54, 1.807) is 68.1 Å². The van der Waals surface area contributed by atoms with Crippen molar-refractivity contribution in [3.8, 4) is 5.75 Å². The van der Waals surface area contributed by atoms with E-state index in [1.165, 1.54) is 7.11 Å². The highest BCUT2D eigenvalue weighted by Crippen LogP contribution is 2.42. The van der Waals surface area contributed by atoms with Crippen LogP contribution >= 0.6 is 0 Å². The first-order chi connectivity index (χ1) is 22.1. The van der Waals surface area contributed by atoms with E-state index in [1.807, 2.05) is 11.8 Å². The lowest BCUT2D eigenvalue weighted by molar-refractivity contribution is -0.136. The average Bonchev–Trinajstić information content (AvgIpc) is 3.00. The Morgan fingerprint density at radius 1 is 0.915 bits per heavy atom. The van der Waals surface area contributed by atoms with Gasteiger partial charge in [-0.1, -0.05) is 17.7 Å². The molecular formula is C34H35F4N5O4. The average molecular weight is 654 g/mol. The van der Waals surface area contributed by atoms with Crippen LogP contribution in [0.1, 0.15) is 42.3 Å². The molecule has 9 nitrogen and oxygen atoms in total. The molecule has 3 aromatic carbocycles. The number of piperazine rings is 1. The number of benzene rings is 3. The van der Waals surface area contributed by atoms with Gasteiger partial charge in [-0.25, -0.2) is 14.2 Å². The third-order valence-corrected chi connectivity index (χ3v) is 7.50. The number of hydrogen-bond donors (Lipinski definition) is 2. The number of halogens is 4. The van der Waals surface area contributed by atoms with Gasteiger partial charge in [-0.2, -0.15) is 13.2 Å². The Balaban J connectivity index is 1.49. The van der Waals surface area contributed by atoms with Gasteiger partial charge in [0.25, 0.3) is 5.91 Å². The van der Waals surface area contributed by atoms with Crippen molar-refractivity contribution in [2.24, 2.45) is 0 Å². The zero-order valence-electron chi connectivity index (χ0n) is 26.6. The number of methoxy groups -OCH3 is 1. The molecule has 248 valence electrons. The molecule has 0 bridgehead atoms. The van der Waals surface area contributed by atoms with E-state index in [0.29, 0.717) is 26.2 Å². The number of alkyl halides is 3. The summed E-state index contributed by atoms with van der Waals surface area (Å²) in [4.78, 5) is 34.1. The lowest BCUT2D eigenvalue weighted by Crippen LogP contribution is -2.50. The van der Waals surface area contributed by atoms with E-state index in [2.05, 4.69) is 15.6 Å². The highest BCUT2D eigenvalue weighted by molar-refractivity contribution is 6.12. The molecule has 2 amide bonds. The SMILES string of the molecule is COc1cc(N2CCN(C(=O)OC(C)(C)C)CC2)ccc1Nc1nc2ccc(F)cc2c(C(F)(F)F)c1C(=O)Nc1ccc(C)cc1. The van der Waals surface area contributed by atoms with E-state index in [4.69, 9.17) is 9.47 Å². The first-order valence-corrected chi connectivity index (χ1v) is 14.9. The molecule has 1 aliphatic heterocycles. The number of aryl methyl sites for hydroxylation is 1. The zero-order chi connectivity index (χ0) is 34.1.